The van der Waals surface area contributed by atoms with E-state index < -0.39 is 5.91 Å². The highest BCUT2D eigenvalue weighted by Crippen LogP contribution is 2.38. The number of amides is 2. The average Bonchev–Trinajstić information content (AvgIpc) is 3.15. The Kier molecular flexibility index (Phi) is 3.88. The van der Waals surface area contributed by atoms with Crippen molar-refractivity contribution >= 4 is 29.1 Å². The van der Waals surface area contributed by atoms with Crippen molar-refractivity contribution in [3.63, 3.8) is 0 Å². The van der Waals surface area contributed by atoms with Crippen LogP contribution in [-0.4, -0.2) is 40.4 Å². The first-order valence-electron chi connectivity index (χ1n) is 8.51. The summed E-state index contributed by atoms with van der Waals surface area (Å²) in [4.78, 5) is 39.7. The minimum atomic E-state index is -0.533. The third-order valence-corrected chi connectivity index (χ3v) is 4.61. The topological polar surface area (TPSA) is 108 Å². The predicted molar refractivity (Wildman–Crippen MR) is 102 cm³/mol. The minimum absolute atomic E-state index is 0.137. The second-order valence-corrected chi connectivity index (χ2v) is 6.19. The molecular formula is C19H18N6O2. The lowest BCUT2D eigenvalue weighted by Gasteiger charge is -2.23. The number of aromatic amines is 1. The zero-order chi connectivity index (χ0) is 19.1. The lowest BCUT2D eigenvalue weighted by atomic mass is 10.2. The number of nitrogens with one attached hydrogen (secondary N) is 1. The normalized spacial score (nSPS) is 13.2. The first-order valence-corrected chi connectivity index (χ1v) is 8.51. The SMILES string of the molecule is CCN1c2ncccc2C(=O)N(C)c2ccc(-c3c[nH]c(C(N)=O)c3)nc21. The molecule has 3 aromatic heterocycles. The second kappa shape index (κ2) is 6.24. The molecule has 8 nitrogen and oxygen atoms in total. The van der Waals surface area contributed by atoms with Gasteiger partial charge in [-0.3, -0.25) is 9.59 Å². The zero-order valence-electron chi connectivity index (χ0n) is 14.9. The number of nitrogens with two attached hydrogens (primary N) is 1. The molecule has 136 valence electrons. The Morgan fingerprint density at radius 1 is 1.26 bits per heavy atom. The molecule has 0 radical (unpaired) electrons. The van der Waals surface area contributed by atoms with Crippen LogP contribution in [0, 0.1) is 0 Å². The van der Waals surface area contributed by atoms with E-state index in [1.165, 1.54) is 0 Å². The molecule has 0 spiro atoms. The molecule has 0 unspecified atom stereocenters. The van der Waals surface area contributed by atoms with Gasteiger partial charge in [0.2, 0.25) is 0 Å². The van der Waals surface area contributed by atoms with Crippen molar-refractivity contribution in [3.05, 3.63) is 54.0 Å². The third-order valence-electron chi connectivity index (χ3n) is 4.61. The van der Waals surface area contributed by atoms with Crippen molar-refractivity contribution in [2.24, 2.45) is 5.73 Å². The molecule has 4 heterocycles. The van der Waals surface area contributed by atoms with Crippen molar-refractivity contribution in [2.45, 2.75) is 6.92 Å². The fraction of sp³-hybridized carbons (Fsp3) is 0.158. The minimum Gasteiger partial charge on any atom is -0.364 e. The second-order valence-electron chi connectivity index (χ2n) is 6.19. The van der Waals surface area contributed by atoms with Crippen LogP contribution >= 0.6 is 0 Å². The molecule has 0 aromatic carbocycles. The number of fused-ring (bicyclic) bond motifs is 2. The first kappa shape index (κ1) is 16.8. The Bertz CT molecular complexity index is 1060. The smallest absolute Gasteiger partial charge is 0.265 e. The van der Waals surface area contributed by atoms with E-state index >= 15 is 0 Å². The Morgan fingerprint density at radius 2 is 2.07 bits per heavy atom. The van der Waals surface area contributed by atoms with Gasteiger partial charge in [-0.2, -0.15) is 0 Å². The quantitative estimate of drug-likeness (QED) is 0.743. The maximum atomic E-state index is 12.9. The molecule has 1 aliphatic heterocycles. The summed E-state index contributed by atoms with van der Waals surface area (Å²) in [5.74, 6) is 0.537. The summed E-state index contributed by atoms with van der Waals surface area (Å²) in [7, 11) is 1.72. The summed E-state index contributed by atoms with van der Waals surface area (Å²) in [6.07, 6.45) is 3.35. The molecule has 1 aliphatic rings. The summed E-state index contributed by atoms with van der Waals surface area (Å²) in [5.41, 5.74) is 8.25. The first-order chi connectivity index (χ1) is 13.0. The van der Waals surface area contributed by atoms with E-state index in [0.29, 0.717) is 40.8 Å². The summed E-state index contributed by atoms with van der Waals surface area (Å²) in [6.45, 7) is 2.57. The molecule has 0 atom stereocenters. The van der Waals surface area contributed by atoms with Crippen molar-refractivity contribution in [1.29, 1.82) is 0 Å². The highest BCUT2D eigenvalue weighted by molar-refractivity contribution is 6.12. The van der Waals surface area contributed by atoms with E-state index in [1.54, 1.807) is 42.5 Å². The molecule has 3 N–H and O–H groups in total. The van der Waals surface area contributed by atoms with Gasteiger partial charge in [0, 0.05) is 31.5 Å². The van der Waals surface area contributed by atoms with Gasteiger partial charge in [-0.05, 0) is 37.3 Å². The molecular weight excluding hydrogens is 344 g/mol. The van der Waals surface area contributed by atoms with Gasteiger partial charge in [-0.25, -0.2) is 9.97 Å². The zero-order valence-corrected chi connectivity index (χ0v) is 14.9. The van der Waals surface area contributed by atoms with Crippen LogP contribution in [0.1, 0.15) is 27.8 Å². The molecule has 0 fully saturated rings. The molecule has 0 bridgehead atoms. The van der Waals surface area contributed by atoms with Gasteiger partial charge in [0.05, 0.1) is 16.9 Å². The summed E-state index contributed by atoms with van der Waals surface area (Å²) in [5, 5.41) is 0. The van der Waals surface area contributed by atoms with Crippen LogP contribution in [0.3, 0.4) is 0 Å². The third kappa shape index (κ3) is 2.62. The van der Waals surface area contributed by atoms with E-state index in [-0.39, 0.29) is 5.91 Å². The van der Waals surface area contributed by atoms with Gasteiger partial charge in [0.25, 0.3) is 11.8 Å². The molecule has 0 saturated heterocycles. The molecule has 27 heavy (non-hydrogen) atoms. The number of primary amides is 1. The number of rotatable bonds is 3. The number of H-pyrrole nitrogens is 1. The van der Waals surface area contributed by atoms with Crippen molar-refractivity contribution in [1.82, 2.24) is 15.0 Å². The van der Waals surface area contributed by atoms with Crippen LogP contribution in [0.15, 0.2) is 42.7 Å². The molecule has 0 saturated carbocycles. The maximum Gasteiger partial charge on any atom is 0.265 e. The van der Waals surface area contributed by atoms with Crippen LogP contribution in [-0.2, 0) is 0 Å². The van der Waals surface area contributed by atoms with Gasteiger partial charge in [0.15, 0.2) is 5.82 Å². The van der Waals surface area contributed by atoms with Crippen LogP contribution in [0.2, 0.25) is 0 Å². The van der Waals surface area contributed by atoms with Crippen LogP contribution in [0.25, 0.3) is 11.3 Å². The fourth-order valence-corrected chi connectivity index (χ4v) is 3.22. The van der Waals surface area contributed by atoms with Crippen molar-refractivity contribution < 1.29 is 9.59 Å². The number of pyridine rings is 2. The number of carbonyl (C=O) groups is 2. The summed E-state index contributed by atoms with van der Waals surface area (Å²) >= 11 is 0. The molecule has 8 heteroatoms. The maximum absolute atomic E-state index is 12.9. The van der Waals surface area contributed by atoms with E-state index in [4.69, 9.17) is 10.7 Å². The van der Waals surface area contributed by atoms with E-state index in [9.17, 15) is 9.59 Å². The Labute approximate surface area is 155 Å². The molecule has 0 aliphatic carbocycles. The Hall–Kier alpha value is -3.68. The number of hydrogen-bond donors (Lipinski definition) is 2. The highest BCUT2D eigenvalue weighted by atomic mass is 16.2. The number of aromatic nitrogens is 3. The summed E-state index contributed by atoms with van der Waals surface area (Å²) < 4.78 is 0. The highest BCUT2D eigenvalue weighted by Gasteiger charge is 2.30. The summed E-state index contributed by atoms with van der Waals surface area (Å²) in [6, 6.07) is 8.83. The number of nitrogens with zero attached hydrogens (tertiary/aromatic N) is 4. The standard InChI is InChI=1S/C19H18N6O2/c1-3-25-17-12(5-4-8-21-17)19(27)24(2)15-7-6-13(23-18(15)25)11-9-14(16(20)26)22-10-11/h4-10,22H,3H2,1-2H3,(H2,20,26). The van der Waals surface area contributed by atoms with E-state index in [0.717, 1.165) is 5.56 Å². The predicted octanol–water partition coefficient (Wildman–Crippen LogP) is 2.32. The number of carbonyl (C=O) groups excluding carboxylic acids is 2. The van der Waals surface area contributed by atoms with Crippen molar-refractivity contribution in [2.75, 3.05) is 23.4 Å². The molecule has 2 amide bonds. The monoisotopic (exact) mass is 362 g/mol. The van der Waals surface area contributed by atoms with Gasteiger partial charge in [0.1, 0.15) is 11.5 Å². The number of hydrogen-bond acceptors (Lipinski definition) is 5. The van der Waals surface area contributed by atoms with Crippen molar-refractivity contribution in [3.8, 4) is 11.3 Å². The Morgan fingerprint density at radius 3 is 2.78 bits per heavy atom. The molecule has 4 rings (SSSR count). The lowest BCUT2D eigenvalue weighted by Crippen LogP contribution is -2.25. The average molecular weight is 362 g/mol. The van der Waals surface area contributed by atoms with Crippen LogP contribution in [0.4, 0.5) is 17.3 Å². The van der Waals surface area contributed by atoms with Gasteiger partial charge in [-0.15, -0.1) is 0 Å². The van der Waals surface area contributed by atoms with E-state index in [1.807, 2.05) is 24.0 Å². The Balaban J connectivity index is 1.90. The van der Waals surface area contributed by atoms with Gasteiger partial charge < -0.3 is 20.5 Å². The lowest BCUT2D eigenvalue weighted by molar-refractivity contribution is 0.0987. The largest absolute Gasteiger partial charge is 0.364 e. The van der Waals surface area contributed by atoms with Crippen LogP contribution in [0.5, 0.6) is 0 Å². The molecule has 3 aromatic rings. The van der Waals surface area contributed by atoms with Crippen LogP contribution < -0.4 is 15.5 Å². The van der Waals surface area contributed by atoms with Gasteiger partial charge in [-0.1, -0.05) is 0 Å². The van der Waals surface area contributed by atoms with Gasteiger partial charge >= 0.3 is 0 Å². The van der Waals surface area contributed by atoms with E-state index in [2.05, 4.69) is 9.97 Å². The number of anilines is 3. The fourth-order valence-electron chi connectivity index (χ4n) is 3.22.